The van der Waals surface area contributed by atoms with Gasteiger partial charge in [-0.3, -0.25) is 4.79 Å². The Kier molecular flexibility index (Phi) is 8.76. The topological polar surface area (TPSA) is 73.6 Å². The fourth-order valence-electron chi connectivity index (χ4n) is 1.73. The second-order valence-corrected chi connectivity index (χ2v) is 4.45. The van der Waals surface area contributed by atoms with E-state index >= 15 is 0 Å². The van der Waals surface area contributed by atoms with Crippen molar-refractivity contribution in [2.24, 2.45) is 5.73 Å². The lowest BCUT2D eigenvalue weighted by Crippen LogP contribution is -2.25. The van der Waals surface area contributed by atoms with Crippen molar-refractivity contribution in [3.05, 3.63) is 23.8 Å². The Bertz CT molecular complexity index is 425. The highest BCUT2D eigenvalue weighted by atomic mass is 35.5. The van der Waals surface area contributed by atoms with Crippen LogP contribution < -0.4 is 20.5 Å². The number of methoxy groups -OCH3 is 2. The van der Waals surface area contributed by atoms with Crippen LogP contribution >= 0.6 is 12.4 Å². The molecule has 1 aromatic carbocycles. The van der Waals surface area contributed by atoms with E-state index in [1.54, 1.807) is 14.2 Å². The van der Waals surface area contributed by atoms with Crippen LogP contribution in [0.15, 0.2) is 18.2 Å². The van der Waals surface area contributed by atoms with Gasteiger partial charge in [0.1, 0.15) is 0 Å². The van der Waals surface area contributed by atoms with Crippen LogP contribution in [-0.4, -0.2) is 26.2 Å². The van der Waals surface area contributed by atoms with Crippen molar-refractivity contribution in [3.8, 4) is 11.5 Å². The maximum atomic E-state index is 11.6. The molecule has 0 aliphatic carbocycles. The second kappa shape index (κ2) is 9.44. The molecule has 0 saturated carbocycles. The third-order valence-corrected chi connectivity index (χ3v) is 2.79. The number of carbonyl (C=O) groups is 1. The van der Waals surface area contributed by atoms with Crippen LogP contribution in [0.25, 0.3) is 0 Å². The number of hydrogen-bond donors (Lipinski definition) is 2. The van der Waals surface area contributed by atoms with Crippen molar-refractivity contribution in [2.45, 2.75) is 32.4 Å². The van der Waals surface area contributed by atoms with Gasteiger partial charge in [0.15, 0.2) is 11.5 Å². The zero-order valence-electron chi connectivity index (χ0n) is 12.1. The Labute approximate surface area is 126 Å². The Morgan fingerprint density at radius 1 is 1.35 bits per heavy atom. The van der Waals surface area contributed by atoms with Crippen LogP contribution in [0, 0.1) is 0 Å². The molecule has 1 atom stereocenters. The van der Waals surface area contributed by atoms with Crippen molar-refractivity contribution in [2.75, 3.05) is 14.2 Å². The standard InChI is InChI=1S/C14H22N2O3.ClH/c1-10(15)7-8-13(17)16-9-11-5-4-6-12(18-2)14(11)19-3;/h4-6,10H,7-9,15H2,1-3H3,(H,16,17);1H. The molecule has 20 heavy (non-hydrogen) atoms. The fourth-order valence-corrected chi connectivity index (χ4v) is 1.73. The molecular weight excluding hydrogens is 280 g/mol. The van der Waals surface area contributed by atoms with E-state index in [2.05, 4.69) is 5.32 Å². The van der Waals surface area contributed by atoms with Crippen molar-refractivity contribution < 1.29 is 14.3 Å². The maximum absolute atomic E-state index is 11.6. The quantitative estimate of drug-likeness (QED) is 0.806. The minimum atomic E-state index is -0.0119. The van der Waals surface area contributed by atoms with E-state index < -0.39 is 0 Å². The van der Waals surface area contributed by atoms with Gasteiger partial charge in [0.25, 0.3) is 0 Å². The molecule has 0 spiro atoms. The number of benzene rings is 1. The summed E-state index contributed by atoms with van der Waals surface area (Å²) in [6.07, 6.45) is 1.12. The van der Waals surface area contributed by atoms with Gasteiger partial charge in [-0.2, -0.15) is 0 Å². The summed E-state index contributed by atoms with van der Waals surface area (Å²) in [7, 11) is 3.17. The fraction of sp³-hybridized carbons (Fsp3) is 0.500. The van der Waals surface area contributed by atoms with Crippen molar-refractivity contribution >= 4 is 18.3 Å². The molecule has 3 N–H and O–H groups in total. The number of ether oxygens (including phenoxy) is 2. The lowest BCUT2D eigenvalue weighted by Gasteiger charge is -2.13. The smallest absolute Gasteiger partial charge is 0.220 e. The molecule has 1 rings (SSSR count). The van der Waals surface area contributed by atoms with Crippen LogP contribution in [0.3, 0.4) is 0 Å². The van der Waals surface area contributed by atoms with E-state index in [4.69, 9.17) is 15.2 Å². The Balaban J connectivity index is 0.00000361. The van der Waals surface area contributed by atoms with Crippen molar-refractivity contribution in [1.29, 1.82) is 0 Å². The van der Waals surface area contributed by atoms with Gasteiger partial charge in [-0.15, -0.1) is 12.4 Å². The average molecular weight is 303 g/mol. The number of amides is 1. The maximum Gasteiger partial charge on any atom is 0.220 e. The number of halogens is 1. The summed E-state index contributed by atoms with van der Waals surface area (Å²) < 4.78 is 10.5. The summed E-state index contributed by atoms with van der Waals surface area (Å²) in [5, 5.41) is 2.85. The molecule has 1 aromatic rings. The van der Waals surface area contributed by atoms with Crippen LogP contribution in [0.5, 0.6) is 11.5 Å². The highest BCUT2D eigenvalue weighted by Crippen LogP contribution is 2.30. The molecule has 5 nitrogen and oxygen atoms in total. The van der Waals surface area contributed by atoms with Crippen LogP contribution in [0.2, 0.25) is 0 Å². The van der Waals surface area contributed by atoms with E-state index in [1.807, 2.05) is 25.1 Å². The third kappa shape index (κ3) is 5.67. The number of para-hydroxylation sites is 1. The van der Waals surface area contributed by atoms with Gasteiger partial charge in [0.05, 0.1) is 14.2 Å². The van der Waals surface area contributed by atoms with Crippen LogP contribution in [0.4, 0.5) is 0 Å². The third-order valence-electron chi connectivity index (χ3n) is 2.79. The monoisotopic (exact) mass is 302 g/mol. The molecule has 0 aliphatic rings. The average Bonchev–Trinajstić information content (AvgIpc) is 2.42. The summed E-state index contributed by atoms with van der Waals surface area (Å²) in [6.45, 7) is 2.30. The van der Waals surface area contributed by atoms with Crippen LogP contribution in [0.1, 0.15) is 25.3 Å². The summed E-state index contributed by atoms with van der Waals surface area (Å²) in [5.41, 5.74) is 6.50. The summed E-state index contributed by atoms with van der Waals surface area (Å²) >= 11 is 0. The molecule has 114 valence electrons. The molecule has 0 fully saturated rings. The number of rotatable bonds is 7. The summed E-state index contributed by atoms with van der Waals surface area (Å²) in [4.78, 5) is 11.6. The van der Waals surface area contributed by atoms with Crippen LogP contribution in [-0.2, 0) is 11.3 Å². The normalized spacial score (nSPS) is 11.2. The SMILES string of the molecule is COc1cccc(CNC(=O)CCC(C)N)c1OC.Cl. The summed E-state index contributed by atoms with van der Waals surface area (Å²) in [6, 6.07) is 5.62. The number of hydrogen-bond acceptors (Lipinski definition) is 4. The zero-order valence-corrected chi connectivity index (χ0v) is 13.0. The predicted octanol–water partition coefficient (Wildman–Crippen LogP) is 1.87. The van der Waals surface area contributed by atoms with E-state index in [0.29, 0.717) is 30.9 Å². The number of nitrogens with one attached hydrogen (secondary N) is 1. The second-order valence-electron chi connectivity index (χ2n) is 4.45. The molecule has 1 amide bonds. The van der Waals surface area contributed by atoms with E-state index in [9.17, 15) is 4.79 Å². The zero-order chi connectivity index (χ0) is 14.3. The van der Waals surface area contributed by atoms with Gasteiger partial charge >= 0.3 is 0 Å². The van der Waals surface area contributed by atoms with Gasteiger partial charge in [-0.05, 0) is 19.4 Å². The lowest BCUT2D eigenvalue weighted by atomic mass is 10.1. The molecule has 0 heterocycles. The highest BCUT2D eigenvalue weighted by molar-refractivity contribution is 5.85. The minimum Gasteiger partial charge on any atom is -0.493 e. The molecular formula is C14H23ClN2O3. The molecule has 0 aliphatic heterocycles. The molecule has 6 heteroatoms. The van der Waals surface area contributed by atoms with Gasteiger partial charge in [0.2, 0.25) is 5.91 Å². The van der Waals surface area contributed by atoms with Crippen molar-refractivity contribution in [1.82, 2.24) is 5.32 Å². The first-order chi connectivity index (χ1) is 9.08. The first-order valence-electron chi connectivity index (χ1n) is 6.30. The Hall–Kier alpha value is -1.46. The molecule has 0 radical (unpaired) electrons. The van der Waals surface area contributed by atoms with Gasteiger partial charge < -0.3 is 20.5 Å². The largest absolute Gasteiger partial charge is 0.493 e. The molecule has 0 aromatic heterocycles. The number of carbonyl (C=O) groups excluding carboxylic acids is 1. The number of nitrogens with two attached hydrogens (primary N) is 1. The molecule has 0 bridgehead atoms. The Morgan fingerprint density at radius 3 is 2.60 bits per heavy atom. The first kappa shape index (κ1) is 18.5. The van der Waals surface area contributed by atoms with E-state index in [0.717, 1.165) is 5.56 Å². The predicted molar refractivity (Wildman–Crippen MR) is 81.5 cm³/mol. The van der Waals surface area contributed by atoms with Gasteiger partial charge in [-0.1, -0.05) is 12.1 Å². The molecule has 1 unspecified atom stereocenters. The minimum absolute atomic E-state index is 0. The molecule has 0 saturated heterocycles. The van der Waals surface area contributed by atoms with Gasteiger partial charge in [0, 0.05) is 24.6 Å². The lowest BCUT2D eigenvalue weighted by molar-refractivity contribution is -0.121. The summed E-state index contributed by atoms with van der Waals surface area (Å²) in [5.74, 6) is 1.30. The van der Waals surface area contributed by atoms with Crippen molar-refractivity contribution in [3.63, 3.8) is 0 Å². The highest BCUT2D eigenvalue weighted by Gasteiger charge is 2.10. The Morgan fingerprint density at radius 2 is 2.05 bits per heavy atom. The first-order valence-corrected chi connectivity index (χ1v) is 6.30. The van der Waals surface area contributed by atoms with E-state index in [1.165, 1.54) is 0 Å². The van der Waals surface area contributed by atoms with Gasteiger partial charge in [-0.25, -0.2) is 0 Å². The van der Waals surface area contributed by atoms with E-state index in [-0.39, 0.29) is 24.4 Å².